The van der Waals surface area contributed by atoms with Gasteiger partial charge >= 0.3 is 6.09 Å². The van der Waals surface area contributed by atoms with E-state index in [1.807, 2.05) is 25.7 Å². The Kier molecular flexibility index (Phi) is 6.34. The van der Waals surface area contributed by atoms with Crippen molar-refractivity contribution in [3.63, 3.8) is 0 Å². The lowest BCUT2D eigenvalue weighted by Gasteiger charge is -2.34. The molecule has 2 aromatic rings. The molecule has 6 rings (SSSR count). The summed E-state index contributed by atoms with van der Waals surface area (Å²) >= 11 is 0. The van der Waals surface area contributed by atoms with Crippen molar-refractivity contribution < 1.29 is 19.0 Å². The van der Waals surface area contributed by atoms with Gasteiger partial charge < -0.3 is 29.3 Å². The van der Waals surface area contributed by atoms with Crippen molar-refractivity contribution >= 4 is 23.4 Å². The third-order valence-corrected chi connectivity index (χ3v) is 7.62. The summed E-state index contributed by atoms with van der Waals surface area (Å²) < 4.78 is 17.6. The first-order chi connectivity index (χ1) is 17.9. The smallest absolute Gasteiger partial charge is 0.410 e. The summed E-state index contributed by atoms with van der Waals surface area (Å²) in [5, 5.41) is 3.62. The Hall–Kier alpha value is -3.07. The number of likely N-dealkylation sites (tertiary alicyclic amines) is 1. The van der Waals surface area contributed by atoms with Crippen LogP contribution in [0, 0.1) is 0 Å². The second-order valence-corrected chi connectivity index (χ2v) is 11.5. The van der Waals surface area contributed by atoms with E-state index in [0.717, 1.165) is 54.6 Å². The van der Waals surface area contributed by atoms with Crippen LogP contribution in [-0.2, 0) is 16.1 Å². The number of carbonyl (C=O) groups excluding carboxylic acids is 1. The first-order valence-electron chi connectivity index (χ1n) is 13.6. The number of benzene rings is 1. The number of nitrogens with one attached hydrogen (secondary N) is 1. The van der Waals surface area contributed by atoms with Gasteiger partial charge in [-0.3, -0.25) is 0 Å². The summed E-state index contributed by atoms with van der Waals surface area (Å²) in [5.41, 5.74) is 4.11. The Labute approximate surface area is 218 Å². The van der Waals surface area contributed by atoms with Crippen molar-refractivity contribution in [3.05, 3.63) is 35.2 Å². The highest BCUT2D eigenvalue weighted by molar-refractivity contribution is 5.74. The minimum absolute atomic E-state index is 0.214. The van der Waals surface area contributed by atoms with Crippen molar-refractivity contribution in [3.8, 4) is 5.75 Å². The number of nitrogens with zero attached hydrogens (tertiary/aromatic N) is 4. The quantitative estimate of drug-likeness (QED) is 0.625. The molecule has 3 aliphatic heterocycles. The number of hydrogen-bond acceptors (Lipinski definition) is 8. The second kappa shape index (κ2) is 9.67. The number of rotatable bonds is 3. The molecular weight excluding hydrogens is 470 g/mol. The first-order valence-corrected chi connectivity index (χ1v) is 13.6. The molecule has 1 aliphatic carbocycles. The molecule has 3 fully saturated rings. The number of carbonyl (C=O) groups is 1. The van der Waals surface area contributed by atoms with Crippen LogP contribution in [-0.4, -0.2) is 66.0 Å². The van der Waals surface area contributed by atoms with Gasteiger partial charge in [0.2, 0.25) is 0 Å². The van der Waals surface area contributed by atoms with Crippen molar-refractivity contribution in [1.29, 1.82) is 0 Å². The Bertz CT molecular complexity index is 1160. The van der Waals surface area contributed by atoms with Crippen molar-refractivity contribution in [2.45, 2.75) is 70.5 Å². The molecule has 9 nitrogen and oxygen atoms in total. The molecule has 1 saturated carbocycles. The van der Waals surface area contributed by atoms with Crippen molar-refractivity contribution in [2.24, 2.45) is 0 Å². The van der Waals surface area contributed by atoms with Crippen molar-refractivity contribution in [2.75, 3.05) is 49.6 Å². The van der Waals surface area contributed by atoms with Crippen LogP contribution in [0.25, 0.3) is 0 Å². The summed E-state index contributed by atoms with van der Waals surface area (Å²) in [6, 6.07) is 4.59. The minimum atomic E-state index is -0.475. The summed E-state index contributed by atoms with van der Waals surface area (Å²) in [4.78, 5) is 25.9. The second-order valence-electron chi connectivity index (χ2n) is 11.5. The van der Waals surface area contributed by atoms with E-state index in [1.165, 1.54) is 24.0 Å². The van der Waals surface area contributed by atoms with Gasteiger partial charge in [-0.15, -0.1) is 0 Å². The van der Waals surface area contributed by atoms with Gasteiger partial charge in [0.25, 0.3) is 0 Å². The topological polar surface area (TPSA) is 89.0 Å². The van der Waals surface area contributed by atoms with E-state index in [0.29, 0.717) is 44.7 Å². The van der Waals surface area contributed by atoms with E-state index < -0.39 is 5.60 Å². The summed E-state index contributed by atoms with van der Waals surface area (Å²) in [5.74, 6) is 3.62. The van der Waals surface area contributed by atoms with E-state index in [2.05, 4.69) is 32.3 Å². The van der Waals surface area contributed by atoms with E-state index in [-0.39, 0.29) is 6.09 Å². The molecule has 198 valence electrons. The molecule has 2 saturated heterocycles. The molecule has 1 aromatic carbocycles. The molecule has 1 amide bonds. The highest BCUT2D eigenvalue weighted by Crippen LogP contribution is 2.50. The molecule has 0 radical (unpaired) electrons. The third kappa shape index (κ3) is 5.19. The lowest BCUT2D eigenvalue weighted by molar-refractivity contribution is 0.0205. The maximum atomic E-state index is 12.6. The van der Waals surface area contributed by atoms with Gasteiger partial charge in [0.05, 0.1) is 24.5 Å². The van der Waals surface area contributed by atoms with Crippen LogP contribution in [0.2, 0.25) is 0 Å². The van der Waals surface area contributed by atoms with Gasteiger partial charge in [0.1, 0.15) is 35.9 Å². The number of hydrogen-bond donors (Lipinski definition) is 1. The van der Waals surface area contributed by atoms with Crippen LogP contribution < -0.4 is 15.0 Å². The lowest BCUT2D eigenvalue weighted by Crippen LogP contribution is -2.41. The average molecular weight is 508 g/mol. The molecule has 0 atom stereocenters. The number of morpholine rings is 1. The van der Waals surface area contributed by atoms with Crippen molar-refractivity contribution in [1.82, 2.24) is 14.9 Å². The highest BCUT2D eigenvalue weighted by atomic mass is 16.6. The molecule has 0 bridgehead atoms. The number of aromatic nitrogens is 2. The average Bonchev–Trinajstić information content (AvgIpc) is 3.74. The number of anilines is 3. The maximum absolute atomic E-state index is 12.6. The molecule has 1 aromatic heterocycles. The Morgan fingerprint density at radius 3 is 2.49 bits per heavy atom. The molecule has 37 heavy (non-hydrogen) atoms. The zero-order chi connectivity index (χ0) is 25.6. The van der Waals surface area contributed by atoms with E-state index in [1.54, 1.807) is 6.33 Å². The van der Waals surface area contributed by atoms with Crippen LogP contribution in [0.4, 0.5) is 22.1 Å². The molecule has 4 heterocycles. The fraction of sp³-hybridized carbons (Fsp3) is 0.607. The van der Waals surface area contributed by atoms with Crippen LogP contribution in [0.3, 0.4) is 0 Å². The van der Waals surface area contributed by atoms with E-state index >= 15 is 0 Å². The number of fused-ring (bicyclic) bond motifs is 2. The van der Waals surface area contributed by atoms with Crippen LogP contribution >= 0.6 is 0 Å². The van der Waals surface area contributed by atoms with Gasteiger partial charge in [0, 0.05) is 26.2 Å². The van der Waals surface area contributed by atoms with Gasteiger partial charge in [-0.05, 0) is 75.5 Å². The number of ether oxygens (including phenoxy) is 3. The van der Waals surface area contributed by atoms with Crippen LogP contribution in [0.1, 0.15) is 75.0 Å². The van der Waals surface area contributed by atoms with Gasteiger partial charge in [-0.1, -0.05) is 6.07 Å². The third-order valence-electron chi connectivity index (χ3n) is 7.62. The van der Waals surface area contributed by atoms with Crippen LogP contribution in [0.15, 0.2) is 18.5 Å². The van der Waals surface area contributed by atoms with Crippen LogP contribution in [0.5, 0.6) is 5.75 Å². The zero-order valence-electron chi connectivity index (χ0n) is 22.1. The summed E-state index contributed by atoms with van der Waals surface area (Å²) in [7, 11) is 0. The minimum Gasteiger partial charge on any atom is -0.486 e. The first kappa shape index (κ1) is 24.3. The highest BCUT2D eigenvalue weighted by Gasteiger charge is 2.34. The normalized spacial score (nSPS) is 20.3. The SMILES string of the molecule is CC(C)(C)OC(=O)N1CCC(c2cc3c(c(C4CC4)c2)OCc2c(ncnc2N2CCOCC2)N3)CC1. The van der Waals surface area contributed by atoms with E-state index in [4.69, 9.17) is 14.2 Å². The Morgan fingerprint density at radius 1 is 1.03 bits per heavy atom. The number of amides is 1. The fourth-order valence-electron chi connectivity index (χ4n) is 5.55. The molecule has 1 N–H and O–H groups in total. The lowest BCUT2D eigenvalue weighted by atomic mass is 9.87. The van der Waals surface area contributed by atoms with Gasteiger partial charge in [-0.2, -0.15) is 0 Å². The maximum Gasteiger partial charge on any atom is 0.410 e. The molecule has 4 aliphatic rings. The van der Waals surface area contributed by atoms with Gasteiger partial charge in [0.15, 0.2) is 0 Å². The molecule has 0 unspecified atom stereocenters. The molecule has 9 heteroatoms. The Balaban J connectivity index is 1.25. The molecular formula is C28H37N5O4. The predicted octanol–water partition coefficient (Wildman–Crippen LogP) is 4.94. The monoisotopic (exact) mass is 507 g/mol. The predicted molar refractivity (Wildman–Crippen MR) is 141 cm³/mol. The summed E-state index contributed by atoms with van der Waals surface area (Å²) in [6.07, 6.45) is 5.66. The summed E-state index contributed by atoms with van der Waals surface area (Å²) in [6.45, 7) is 10.6. The standard InChI is InChI=1S/C28H37N5O4/c1-28(2,3)37-27(34)33-8-6-18(7-9-33)20-14-21(19-4-5-19)24-23(15-20)31-25-22(16-36-24)26(30-17-29-25)32-10-12-35-13-11-32/h14-15,17-19H,4-13,16H2,1-3H3,(H,29,30,31). The fourth-order valence-corrected chi connectivity index (χ4v) is 5.55. The largest absolute Gasteiger partial charge is 0.486 e. The zero-order valence-corrected chi connectivity index (χ0v) is 22.1. The van der Waals surface area contributed by atoms with Gasteiger partial charge in [-0.25, -0.2) is 14.8 Å². The molecule has 0 spiro atoms. The Morgan fingerprint density at radius 2 is 1.78 bits per heavy atom. The van der Waals surface area contributed by atoms with E-state index in [9.17, 15) is 4.79 Å². The number of piperidine rings is 1.